The van der Waals surface area contributed by atoms with Crippen molar-refractivity contribution in [2.45, 2.75) is 25.5 Å². The van der Waals surface area contributed by atoms with Crippen molar-refractivity contribution in [2.24, 2.45) is 0 Å². The maximum Gasteiger partial charge on any atom is 0.123 e. The van der Waals surface area contributed by atoms with Crippen molar-refractivity contribution in [3.63, 3.8) is 0 Å². The molecule has 0 spiro atoms. The van der Waals surface area contributed by atoms with Crippen LogP contribution in [0.5, 0.6) is 5.75 Å². The molecule has 0 saturated carbocycles. The van der Waals surface area contributed by atoms with Gasteiger partial charge in [-0.05, 0) is 23.7 Å². The van der Waals surface area contributed by atoms with Crippen LogP contribution in [-0.4, -0.2) is 12.6 Å². The molecule has 2 heteroatoms. The zero-order valence-electron chi connectivity index (χ0n) is 11.2. The molecule has 2 aromatic carbocycles. The Morgan fingerprint density at radius 3 is 2.58 bits per heavy atom. The molecule has 0 amide bonds. The molecule has 2 atom stereocenters. The van der Waals surface area contributed by atoms with Crippen molar-refractivity contribution in [3.05, 3.63) is 65.7 Å². The van der Waals surface area contributed by atoms with Crippen molar-refractivity contribution in [1.82, 2.24) is 5.32 Å². The number of ether oxygens (including phenoxy) is 1. The molecule has 1 aliphatic heterocycles. The average Bonchev–Trinajstić information content (AvgIpc) is 2.89. The van der Waals surface area contributed by atoms with Crippen molar-refractivity contribution >= 4 is 0 Å². The van der Waals surface area contributed by atoms with Crippen LogP contribution in [0.3, 0.4) is 0 Å². The molecule has 1 N–H and O–H groups in total. The zero-order valence-corrected chi connectivity index (χ0v) is 11.2. The van der Waals surface area contributed by atoms with Crippen molar-refractivity contribution in [3.8, 4) is 5.75 Å². The Hall–Kier alpha value is -1.80. The first-order chi connectivity index (χ1) is 9.38. The highest BCUT2D eigenvalue weighted by Crippen LogP contribution is 2.33. The molecule has 2 nitrogen and oxygen atoms in total. The molecule has 19 heavy (non-hydrogen) atoms. The van der Waals surface area contributed by atoms with Gasteiger partial charge in [0.2, 0.25) is 0 Å². The van der Waals surface area contributed by atoms with E-state index in [9.17, 15) is 0 Å². The number of rotatable bonds is 4. The van der Waals surface area contributed by atoms with Gasteiger partial charge in [0.25, 0.3) is 0 Å². The summed E-state index contributed by atoms with van der Waals surface area (Å²) in [6.07, 6.45) is 1.16. The molecule has 3 rings (SSSR count). The van der Waals surface area contributed by atoms with Gasteiger partial charge in [-0.15, -0.1) is 0 Å². The number of para-hydroxylation sites is 1. The van der Waals surface area contributed by atoms with Crippen molar-refractivity contribution in [2.75, 3.05) is 6.54 Å². The number of likely N-dealkylation sites (N-methyl/N-ethyl adjacent to an activating group) is 1. The molecular weight excluding hydrogens is 234 g/mol. The zero-order chi connectivity index (χ0) is 13.1. The smallest absolute Gasteiger partial charge is 0.123 e. The Labute approximate surface area is 114 Å². The summed E-state index contributed by atoms with van der Waals surface area (Å²) in [7, 11) is 0. The summed E-state index contributed by atoms with van der Waals surface area (Å²) in [5, 5.41) is 3.55. The summed E-state index contributed by atoms with van der Waals surface area (Å²) in [4.78, 5) is 0. The highest BCUT2D eigenvalue weighted by molar-refractivity contribution is 5.38. The van der Waals surface area contributed by atoms with E-state index in [-0.39, 0.29) is 12.1 Å². The normalized spacial score (nSPS) is 18.7. The first-order valence-corrected chi connectivity index (χ1v) is 6.91. The van der Waals surface area contributed by atoms with E-state index in [1.54, 1.807) is 0 Å². The van der Waals surface area contributed by atoms with Gasteiger partial charge in [-0.2, -0.15) is 0 Å². The van der Waals surface area contributed by atoms with E-state index in [0.717, 1.165) is 18.7 Å². The first-order valence-electron chi connectivity index (χ1n) is 6.91. The third-order valence-electron chi connectivity index (χ3n) is 3.63. The average molecular weight is 253 g/mol. The molecule has 1 aliphatic rings. The quantitative estimate of drug-likeness (QED) is 0.902. The fourth-order valence-electron chi connectivity index (χ4n) is 2.74. The number of hydrogen-bond acceptors (Lipinski definition) is 2. The molecule has 0 radical (unpaired) electrons. The highest BCUT2D eigenvalue weighted by atomic mass is 16.5. The summed E-state index contributed by atoms with van der Waals surface area (Å²) in [5.74, 6) is 1.03. The van der Waals surface area contributed by atoms with E-state index in [1.165, 1.54) is 11.1 Å². The standard InChI is InChI=1S/C17H19NO/c1-2-18-17(13-8-4-3-5-9-13)16-12-14-10-6-7-11-15(14)19-16/h3-11,16-18H,2,12H2,1H3. The van der Waals surface area contributed by atoms with Crippen molar-refractivity contribution in [1.29, 1.82) is 0 Å². The van der Waals surface area contributed by atoms with Gasteiger partial charge in [-0.25, -0.2) is 0 Å². The molecule has 0 bridgehead atoms. The van der Waals surface area contributed by atoms with E-state index in [0.29, 0.717) is 0 Å². The molecule has 0 fully saturated rings. The third-order valence-corrected chi connectivity index (χ3v) is 3.63. The second kappa shape index (κ2) is 5.45. The molecule has 2 aromatic rings. The van der Waals surface area contributed by atoms with Gasteiger partial charge in [-0.3, -0.25) is 0 Å². The van der Waals surface area contributed by atoms with Gasteiger partial charge in [0.05, 0.1) is 6.04 Å². The van der Waals surface area contributed by atoms with Gasteiger partial charge in [0, 0.05) is 6.42 Å². The lowest BCUT2D eigenvalue weighted by molar-refractivity contribution is 0.180. The van der Waals surface area contributed by atoms with Crippen LogP contribution in [-0.2, 0) is 6.42 Å². The summed E-state index contributed by atoms with van der Waals surface area (Å²) in [6, 6.07) is 19.1. The van der Waals surface area contributed by atoms with Crippen LogP contribution < -0.4 is 10.1 Å². The molecule has 0 saturated heterocycles. The second-order valence-electron chi connectivity index (χ2n) is 4.91. The van der Waals surface area contributed by atoms with Gasteiger partial charge < -0.3 is 10.1 Å². The van der Waals surface area contributed by atoms with Crippen LogP contribution >= 0.6 is 0 Å². The third kappa shape index (κ3) is 2.49. The van der Waals surface area contributed by atoms with Gasteiger partial charge in [-0.1, -0.05) is 55.5 Å². The molecule has 1 heterocycles. The predicted octanol–water partition coefficient (Wildman–Crippen LogP) is 3.34. The summed E-state index contributed by atoms with van der Waals surface area (Å²) in [5.41, 5.74) is 2.61. The topological polar surface area (TPSA) is 21.3 Å². The molecule has 0 aliphatic carbocycles. The van der Waals surface area contributed by atoms with E-state index in [1.807, 2.05) is 6.07 Å². The molecule has 2 unspecified atom stereocenters. The largest absolute Gasteiger partial charge is 0.488 e. The Balaban J connectivity index is 1.84. The fraction of sp³-hybridized carbons (Fsp3) is 0.294. The van der Waals surface area contributed by atoms with Gasteiger partial charge in [0.15, 0.2) is 0 Å². The summed E-state index contributed by atoms with van der Waals surface area (Å²) < 4.78 is 6.11. The van der Waals surface area contributed by atoms with Crippen LogP contribution in [0.2, 0.25) is 0 Å². The van der Waals surface area contributed by atoms with Gasteiger partial charge in [0.1, 0.15) is 11.9 Å². The highest BCUT2D eigenvalue weighted by Gasteiger charge is 2.30. The minimum Gasteiger partial charge on any atom is -0.488 e. The van der Waals surface area contributed by atoms with Gasteiger partial charge >= 0.3 is 0 Å². The SMILES string of the molecule is CCNC(c1ccccc1)C1Cc2ccccc2O1. The maximum absolute atomic E-state index is 6.11. The van der Waals surface area contributed by atoms with E-state index < -0.39 is 0 Å². The first kappa shape index (κ1) is 12.2. The van der Waals surface area contributed by atoms with Crippen LogP contribution in [0.4, 0.5) is 0 Å². The van der Waals surface area contributed by atoms with E-state index >= 15 is 0 Å². The van der Waals surface area contributed by atoms with E-state index in [2.05, 4.69) is 60.8 Å². The van der Waals surface area contributed by atoms with Crippen LogP contribution in [0.15, 0.2) is 54.6 Å². The van der Waals surface area contributed by atoms with Crippen LogP contribution in [0.1, 0.15) is 24.1 Å². The number of hydrogen-bond donors (Lipinski definition) is 1. The Bertz CT molecular complexity index is 513. The molecule has 0 aromatic heterocycles. The minimum absolute atomic E-state index is 0.180. The van der Waals surface area contributed by atoms with Crippen molar-refractivity contribution < 1.29 is 4.74 Å². The lowest BCUT2D eigenvalue weighted by Gasteiger charge is -2.24. The van der Waals surface area contributed by atoms with E-state index in [4.69, 9.17) is 4.74 Å². The number of fused-ring (bicyclic) bond motifs is 1. The molecule has 98 valence electrons. The van der Waals surface area contributed by atoms with Crippen LogP contribution in [0.25, 0.3) is 0 Å². The number of benzene rings is 2. The minimum atomic E-state index is 0.180. The number of nitrogens with one attached hydrogen (secondary N) is 1. The Morgan fingerprint density at radius 2 is 1.84 bits per heavy atom. The Kier molecular flexibility index (Phi) is 3.51. The maximum atomic E-state index is 6.11. The Morgan fingerprint density at radius 1 is 1.11 bits per heavy atom. The lowest BCUT2D eigenvalue weighted by atomic mass is 9.98. The second-order valence-corrected chi connectivity index (χ2v) is 4.91. The fourth-order valence-corrected chi connectivity index (χ4v) is 2.74. The lowest BCUT2D eigenvalue weighted by Crippen LogP contribution is -2.34. The monoisotopic (exact) mass is 253 g/mol. The summed E-state index contributed by atoms with van der Waals surface area (Å²) in [6.45, 7) is 3.08. The predicted molar refractivity (Wildman–Crippen MR) is 77.4 cm³/mol. The van der Waals surface area contributed by atoms with Crippen LogP contribution in [0, 0.1) is 0 Å². The molecular formula is C17H19NO. The summed E-state index contributed by atoms with van der Waals surface area (Å²) >= 11 is 0.